The predicted molar refractivity (Wildman–Crippen MR) is 123 cm³/mol. The van der Waals surface area contributed by atoms with Crippen molar-refractivity contribution in [3.63, 3.8) is 0 Å². The number of thioether (sulfide) groups is 1. The molecule has 1 amide bonds. The number of carbonyl (C=O) groups is 1. The van der Waals surface area contributed by atoms with E-state index in [-0.39, 0.29) is 17.7 Å². The molecule has 4 rings (SSSR count). The van der Waals surface area contributed by atoms with Gasteiger partial charge >= 0.3 is 0 Å². The van der Waals surface area contributed by atoms with Crippen molar-refractivity contribution in [1.29, 1.82) is 0 Å². The number of nitrogens with zero attached hydrogens (tertiary/aromatic N) is 4. The number of tetrazole rings is 1. The highest BCUT2D eigenvalue weighted by molar-refractivity contribution is 7.99. The molecular weight excluding hydrogens is 406 g/mol. The number of hydrogen-bond donors (Lipinski definition) is 1. The van der Waals surface area contributed by atoms with Gasteiger partial charge in [-0.1, -0.05) is 96.7 Å². The van der Waals surface area contributed by atoms with E-state index in [1.54, 1.807) is 4.68 Å². The molecule has 4 aromatic rings. The Balaban J connectivity index is 1.31. The van der Waals surface area contributed by atoms with Gasteiger partial charge in [0, 0.05) is 0 Å². The maximum atomic E-state index is 12.5. The van der Waals surface area contributed by atoms with Crippen LogP contribution in [0.4, 0.5) is 0 Å². The molecule has 31 heavy (non-hydrogen) atoms. The highest BCUT2D eigenvalue weighted by Gasteiger charge is 2.13. The quantitative estimate of drug-likeness (QED) is 0.422. The van der Waals surface area contributed by atoms with Crippen LogP contribution in [0.2, 0.25) is 0 Å². The topological polar surface area (TPSA) is 72.7 Å². The van der Waals surface area contributed by atoms with Crippen LogP contribution in [-0.4, -0.2) is 31.9 Å². The van der Waals surface area contributed by atoms with Gasteiger partial charge in [-0.2, -0.15) is 0 Å². The lowest BCUT2D eigenvalue weighted by Gasteiger charge is -2.15. The number of amides is 1. The van der Waals surface area contributed by atoms with Crippen molar-refractivity contribution in [2.75, 3.05) is 5.75 Å². The van der Waals surface area contributed by atoms with Gasteiger partial charge in [0.25, 0.3) is 0 Å². The average molecular weight is 430 g/mol. The Morgan fingerprint density at radius 1 is 0.935 bits per heavy atom. The van der Waals surface area contributed by atoms with Gasteiger partial charge in [-0.05, 0) is 39.6 Å². The molecular formula is C24H23N5OS. The van der Waals surface area contributed by atoms with Crippen molar-refractivity contribution in [2.24, 2.45) is 0 Å². The van der Waals surface area contributed by atoms with Crippen molar-refractivity contribution in [2.45, 2.75) is 24.7 Å². The predicted octanol–water partition coefficient (Wildman–Crippen LogP) is 4.36. The SMILES string of the molecule is C[C@H](NC(=O)CSc1nnnn1Cc1ccccc1)c1ccc(-c2ccccc2)cc1. The Morgan fingerprint density at radius 2 is 1.58 bits per heavy atom. The van der Waals surface area contributed by atoms with Crippen LogP contribution in [0.5, 0.6) is 0 Å². The summed E-state index contributed by atoms with van der Waals surface area (Å²) in [5, 5.41) is 15.5. The Hall–Kier alpha value is -3.45. The van der Waals surface area contributed by atoms with Gasteiger partial charge in [0.15, 0.2) is 0 Å². The fourth-order valence-corrected chi connectivity index (χ4v) is 3.93. The lowest BCUT2D eigenvalue weighted by molar-refractivity contribution is -0.119. The lowest BCUT2D eigenvalue weighted by Crippen LogP contribution is -2.28. The molecule has 0 bridgehead atoms. The summed E-state index contributed by atoms with van der Waals surface area (Å²) < 4.78 is 1.71. The molecule has 1 aromatic heterocycles. The summed E-state index contributed by atoms with van der Waals surface area (Å²) >= 11 is 1.33. The number of hydrogen-bond acceptors (Lipinski definition) is 5. The van der Waals surface area contributed by atoms with Crippen molar-refractivity contribution >= 4 is 17.7 Å². The van der Waals surface area contributed by atoms with E-state index >= 15 is 0 Å². The lowest BCUT2D eigenvalue weighted by atomic mass is 10.0. The van der Waals surface area contributed by atoms with E-state index in [9.17, 15) is 4.79 Å². The fourth-order valence-electron chi connectivity index (χ4n) is 3.25. The number of carbonyl (C=O) groups excluding carboxylic acids is 1. The van der Waals surface area contributed by atoms with Crippen molar-refractivity contribution in [3.05, 3.63) is 96.1 Å². The summed E-state index contributed by atoms with van der Waals surface area (Å²) in [6.07, 6.45) is 0. The molecule has 0 saturated carbocycles. The first-order chi connectivity index (χ1) is 15.2. The van der Waals surface area contributed by atoms with Gasteiger partial charge in [0.05, 0.1) is 18.3 Å². The molecule has 6 nitrogen and oxygen atoms in total. The van der Waals surface area contributed by atoms with Crippen LogP contribution in [0.3, 0.4) is 0 Å². The summed E-state index contributed by atoms with van der Waals surface area (Å²) in [4.78, 5) is 12.5. The second-order valence-corrected chi connectivity index (χ2v) is 8.11. The summed E-state index contributed by atoms with van der Waals surface area (Å²) in [5.74, 6) is 0.195. The summed E-state index contributed by atoms with van der Waals surface area (Å²) in [5.41, 5.74) is 4.50. The third-order valence-electron chi connectivity index (χ3n) is 4.90. The molecule has 156 valence electrons. The zero-order valence-electron chi connectivity index (χ0n) is 17.2. The summed E-state index contributed by atoms with van der Waals surface area (Å²) in [6, 6.07) is 28.4. The van der Waals surface area contributed by atoms with E-state index in [0.29, 0.717) is 11.7 Å². The number of benzene rings is 3. The molecule has 0 unspecified atom stereocenters. The van der Waals surface area contributed by atoms with Crippen LogP contribution in [0.1, 0.15) is 24.1 Å². The van der Waals surface area contributed by atoms with E-state index in [1.165, 1.54) is 17.3 Å². The van der Waals surface area contributed by atoms with Crippen LogP contribution in [-0.2, 0) is 11.3 Å². The van der Waals surface area contributed by atoms with Crippen LogP contribution in [0, 0.1) is 0 Å². The number of rotatable bonds is 8. The van der Waals surface area contributed by atoms with Gasteiger partial charge in [-0.3, -0.25) is 4.79 Å². The normalized spacial score (nSPS) is 11.8. The maximum Gasteiger partial charge on any atom is 0.230 e. The number of nitrogens with one attached hydrogen (secondary N) is 1. The van der Waals surface area contributed by atoms with Crippen LogP contribution in [0.25, 0.3) is 11.1 Å². The fraction of sp³-hybridized carbons (Fsp3) is 0.167. The highest BCUT2D eigenvalue weighted by atomic mass is 32.2. The first kappa shape index (κ1) is 20.8. The standard InChI is InChI=1S/C24H23N5OS/c1-18(20-12-14-22(15-13-20)21-10-6-3-7-11-21)25-23(30)17-31-24-26-27-28-29(24)16-19-8-4-2-5-9-19/h2-15,18H,16-17H2,1H3,(H,25,30)/t18-/m0/s1. The minimum absolute atomic E-state index is 0.0566. The Labute approximate surface area is 185 Å². The van der Waals surface area contributed by atoms with Crippen molar-refractivity contribution in [3.8, 4) is 11.1 Å². The third kappa shape index (κ3) is 5.58. The zero-order valence-corrected chi connectivity index (χ0v) is 18.0. The molecule has 0 saturated heterocycles. The Bertz CT molecular complexity index is 1110. The van der Waals surface area contributed by atoms with Gasteiger partial charge < -0.3 is 5.32 Å². The van der Waals surface area contributed by atoms with Crippen molar-refractivity contribution in [1.82, 2.24) is 25.5 Å². The van der Waals surface area contributed by atoms with Crippen LogP contribution < -0.4 is 5.32 Å². The van der Waals surface area contributed by atoms with Crippen LogP contribution >= 0.6 is 11.8 Å². The first-order valence-electron chi connectivity index (χ1n) is 10.1. The molecule has 0 fully saturated rings. The molecule has 0 aliphatic rings. The molecule has 0 aliphatic carbocycles. The molecule has 0 radical (unpaired) electrons. The van der Waals surface area contributed by atoms with E-state index < -0.39 is 0 Å². The van der Waals surface area contributed by atoms with Gasteiger partial charge in [-0.15, -0.1) is 5.10 Å². The summed E-state index contributed by atoms with van der Waals surface area (Å²) in [6.45, 7) is 2.56. The first-order valence-corrected chi connectivity index (χ1v) is 11.1. The largest absolute Gasteiger partial charge is 0.349 e. The molecule has 0 aliphatic heterocycles. The molecule has 1 atom stereocenters. The maximum absolute atomic E-state index is 12.5. The minimum Gasteiger partial charge on any atom is -0.349 e. The Morgan fingerprint density at radius 3 is 2.29 bits per heavy atom. The van der Waals surface area contributed by atoms with Gasteiger partial charge in [0.1, 0.15) is 0 Å². The zero-order chi connectivity index (χ0) is 21.5. The monoisotopic (exact) mass is 429 g/mol. The smallest absolute Gasteiger partial charge is 0.230 e. The Kier molecular flexibility index (Phi) is 6.74. The molecule has 1 N–H and O–H groups in total. The van der Waals surface area contributed by atoms with E-state index in [4.69, 9.17) is 0 Å². The second kappa shape index (κ2) is 10.0. The molecule has 7 heteroatoms. The second-order valence-electron chi connectivity index (χ2n) is 7.17. The van der Waals surface area contributed by atoms with Crippen LogP contribution in [0.15, 0.2) is 90.1 Å². The van der Waals surface area contributed by atoms with E-state index in [2.05, 4.69) is 57.2 Å². The van der Waals surface area contributed by atoms with E-state index in [1.807, 2.05) is 55.5 Å². The number of aromatic nitrogens is 4. The molecule has 3 aromatic carbocycles. The van der Waals surface area contributed by atoms with Crippen molar-refractivity contribution < 1.29 is 4.79 Å². The van der Waals surface area contributed by atoms with E-state index in [0.717, 1.165) is 16.7 Å². The van der Waals surface area contributed by atoms with Gasteiger partial charge in [0.2, 0.25) is 11.1 Å². The molecule has 0 spiro atoms. The average Bonchev–Trinajstić information content (AvgIpc) is 3.26. The third-order valence-corrected chi connectivity index (χ3v) is 5.86. The minimum atomic E-state index is -0.0850. The van der Waals surface area contributed by atoms with Gasteiger partial charge in [-0.25, -0.2) is 4.68 Å². The highest BCUT2D eigenvalue weighted by Crippen LogP contribution is 2.22. The summed E-state index contributed by atoms with van der Waals surface area (Å²) in [7, 11) is 0. The molecule has 1 heterocycles.